The molecular weight excluding hydrogens is 304 g/mol. The third-order valence-electron chi connectivity index (χ3n) is 3.41. The van der Waals surface area contributed by atoms with Gasteiger partial charge in [0.25, 0.3) is 15.7 Å². The van der Waals surface area contributed by atoms with E-state index in [9.17, 15) is 18.5 Å². The van der Waals surface area contributed by atoms with Gasteiger partial charge >= 0.3 is 0 Å². The van der Waals surface area contributed by atoms with Crippen molar-refractivity contribution in [1.82, 2.24) is 0 Å². The Morgan fingerprint density at radius 1 is 1.09 bits per heavy atom. The molecule has 0 fully saturated rings. The molecule has 0 bridgehead atoms. The first kappa shape index (κ1) is 16.0. The molecular formula is C15H16N2O4S. The first-order valence-corrected chi connectivity index (χ1v) is 8.14. The molecule has 22 heavy (non-hydrogen) atoms. The Hall–Kier alpha value is -2.41. The molecule has 2 aromatic carbocycles. The van der Waals surface area contributed by atoms with Gasteiger partial charge in [0.2, 0.25) is 0 Å². The van der Waals surface area contributed by atoms with Crippen molar-refractivity contribution in [2.45, 2.75) is 18.2 Å². The van der Waals surface area contributed by atoms with Gasteiger partial charge in [-0.3, -0.25) is 14.4 Å². The van der Waals surface area contributed by atoms with Crippen LogP contribution in [0.15, 0.2) is 53.4 Å². The van der Waals surface area contributed by atoms with Crippen LogP contribution in [-0.4, -0.2) is 20.4 Å². The van der Waals surface area contributed by atoms with Gasteiger partial charge in [-0.2, -0.15) is 0 Å². The second-order valence-corrected chi connectivity index (χ2v) is 6.62. The smallest absolute Gasteiger partial charge is 0.269 e. The Bertz CT molecular complexity index is 803. The Morgan fingerprint density at radius 3 is 2.32 bits per heavy atom. The van der Waals surface area contributed by atoms with Crippen molar-refractivity contribution in [2.75, 3.05) is 11.4 Å². The molecule has 0 atom stereocenters. The summed E-state index contributed by atoms with van der Waals surface area (Å²) in [4.78, 5) is 10.1. The molecule has 0 aromatic heterocycles. The molecule has 0 unspecified atom stereocenters. The van der Waals surface area contributed by atoms with E-state index >= 15 is 0 Å². The molecule has 0 saturated carbocycles. The molecule has 0 aliphatic rings. The highest BCUT2D eigenvalue weighted by Gasteiger charge is 2.30. The van der Waals surface area contributed by atoms with Crippen molar-refractivity contribution in [3.63, 3.8) is 0 Å². The van der Waals surface area contributed by atoms with Crippen LogP contribution in [0, 0.1) is 10.1 Å². The Kier molecular flexibility index (Phi) is 4.46. The lowest BCUT2D eigenvalue weighted by Gasteiger charge is -2.21. The van der Waals surface area contributed by atoms with Gasteiger partial charge in [-0.25, -0.2) is 8.42 Å². The van der Waals surface area contributed by atoms with Crippen LogP contribution in [0.2, 0.25) is 0 Å². The number of hydrogen-bond donors (Lipinski definition) is 0. The van der Waals surface area contributed by atoms with Crippen LogP contribution in [0.25, 0.3) is 0 Å². The molecule has 0 spiro atoms. The van der Waals surface area contributed by atoms with Crippen LogP contribution in [0.4, 0.5) is 11.4 Å². The van der Waals surface area contributed by atoms with Gasteiger partial charge in [-0.15, -0.1) is 0 Å². The van der Waals surface area contributed by atoms with Gasteiger partial charge in [-0.1, -0.05) is 37.3 Å². The molecule has 0 radical (unpaired) electrons. The Morgan fingerprint density at radius 2 is 1.68 bits per heavy atom. The number of nitro benzene ring substituents is 1. The maximum Gasteiger partial charge on any atom is 0.289 e. The minimum absolute atomic E-state index is 0.312. The van der Waals surface area contributed by atoms with Crippen LogP contribution in [0.1, 0.15) is 12.5 Å². The number of para-hydroxylation sites is 2. The van der Waals surface area contributed by atoms with E-state index in [0.29, 0.717) is 12.1 Å². The SMILES string of the molecule is CCc1ccccc1N(C)S(=O)(=O)c1ccccc1[N+](=O)[O-]. The van der Waals surface area contributed by atoms with Crippen molar-refractivity contribution in [3.05, 3.63) is 64.2 Å². The van der Waals surface area contributed by atoms with E-state index in [0.717, 1.165) is 9.87 Å². The average Bonchev–Trinajstić information content (AvgIpc) is 2.54. The Balaban J connectivity index is 2.58. The summed E-state index contributed by atoms with van der Waals surface area (Å²) < 4.78 is 26.6. The van der Waals surface area contributed by atoms with Gasteiger partial charge in [0.1, 0.15) is 0 Å². The molecule has 6 nitrogen and oxygen atoms in total. The Labute approximate surface area is 129 Å². The molecule has 0 heterocycles. The highest BCUT2D eigenvalue weighted by atomic mass is 32.2. The van der Waals surface area contributed by atoms with Gasteiger partial charge in [0, 0.05) is 13.1 Å². The first-order chi connectivity index (χ1) is 10.4. The van der Waals surface area contributed by atoms with Crippen LogP contribution in [-0.2, 0) is 16.4 Å². The summed E-state index contributed by atoms with van der Waals surface area (Å²) >= 11 is 0. The predicted molar refractivity (Wildman–Crippen MR) is 84.5 cm³/mol. The number of nitro groups is 1. The highest BCUT2D eigenvalue weighted by Crippen LogP contribution is 2.30. The summed E-state index contributed by atoms with van der Waals surface area (Å²) in [5.41, 5.74) is 0.943. The topological polar surface area (TPSA) is 80.5 Å². The average molecular weight is 320 g/mol. The molecule has 2 aromatic rings. The van der Waals surface area contributed by atoms with Gasteiger partial charge < -0.3 is 0 Å². The summed E-state index contributed by atoms with van der Waals surface area (Å²) in [7, 11) is -2.61. The van der Waals surface area contributed by atoms with Crippen molar-refractivity contribution in [3.8, 4) is 0 Å². The quantitative estimate of drug-likeness (QED) is 0.626. The van der Waals surface area contributed by atoms with Gasteiger partial charge in [0.05, 0.1) is 10.6 Å². The number of hydrogen-bond acceptors (Lipinski definition) is 4. The fourth-order valence-electron chi connectivity index (χ4n) is 2.22. The number of aryl methyl sites for hydroxylation is 1. The molecule has 116 valence electrons. The van der Waals surface area contributed by atoms with E-state index in [1.54, 1.807) is 12.1 Å². The van der Waals surface area contributed by atoms with Crippen molar-refractivity contribution in [1.29, 1.82) is 0 Å². The van der Waals surface area contributed by atoms with Crippen molar-refractivity contribution < 1.29 is 13.3 Å². The lowest BCUT2D eigenvalue weighted by molar-refractivity contribution is -0.387. The number of nitrogens with zero attached hydrogens (tertiary/aromatic N) is 2. The number of anilines is 1. The van der Waals surface area contributed by atoms with Gasteiger partial charge in [0.15, 0.2) is 4.90 Å². The van der Waals surface area contributed by atoms with Crippen LogP contribution >= 0.6 is 0 Å². The fourth-order valence-corrected chi connectivity index (χ4v) is 3.61. The number of benzene rings is 2. The summed E-state index contributed by atoms with van der Waals surface area (Å²) in [6.07, 6.45) is 0.660. The minimum atomic E-state index is -4.01. The lowest BCUT2D eigenvalue weighted by Crippen LogP contribution is -2.28. The molecule has 0 aliphatic heterocycles. The maximum atomic E-state index is 12.7. The molecule has 2 rings (SSSR count). The molecule has 0 amide bonds. The maximum absolute atomic E-state index is 12.7. The third kappa shape index (κ3) is 2.80. The van der Waals surface area contributed by atoms with Gasteiger partial charge in [-0.05, 0) is 24.1 Å². The first-order valence-electron chi connectivity index (χ1n) is 6.69. The van der Waals surface area contributed by atoms with E-state index in [1.165, 1.54) is 31.3 Å². The summed E-state index contributed by atoms with van der Waals surface area (Å²) in [6.45, 7) is 1.92. The van der Waals surface area contributed by atoms with Crippen LogP contribution in [0.5, 0.6) is 0 Å². The second-order valence-electron chi connectivity index (χ2n) is 4.68. The zero-order valence-corrected chi connectivity index (χ0v) is 13.1. The zero-order chi connectivity index (χ0) is 16.3. The predicted octanol–water partition coefficient (Wildman–Crippen LogP) is 2.98. The monoisotopic (exact) mass is 320 g/mol. The number of sulfonamides is 1. The van der Waals surface area contributed by atoms with Crippen molar-refractivity contribution in [2.24, 2.45) is 0 Å². The lowest BCUT2D eigenvalue weighted by atomic mass is 10.1. The normalized spacial score (nSPS) is 11.2. The van der Waals surface area contributed by atoms with Crippen LogP contribution in [0.3, 0.4) is 0 Å². The molecule has 0 aliphatic carbocycles. The van der Waals surface area contributed by atoms with Crippen molar-refractivity contribution >= 4 is 21.4 Å². The highest BCUT2D eigenvalue weighted by molar-refractivity contribution is 7.93. The molecule has 7 heteroatoms. The largest absolute Gasteiger partial charge is 0.289 e. The van der Waals surface area contributed by atoms with E-state index in [1.807, 2.05) is 19.1 Å². The summed E-state index contributed by atoms with van der Waals surface area (Å²) in [5, 5.41) is 11.1. The van der Waals surface area contributed by atoms with E-state index in [-0.39, 0.29) is 4.90 Å². The minimum Gasteiger partial charge on any atom is -0.269 e. The van der Waals surface area contributed by atoms with E-state index in [2.05, 4.69) is 0 Å². The standard InChI is InChI=1S/C15H16N2O4S/c1-3-12-8-4-5-9-13(12)16(2)22(20,21)15-11-7-6-10-14(15)17(18)19/h4-11H,3H2,1-2H3. The van der Waals surface area contributed by atoms with E-state index < -0.39 is 20.6 Å². The van der Waals surface area contributed by atoms with Crippen LogP contribution < -0.4 is 4.31 Å². The summed E-state index contributed by atoms with van der Waals surface area (Å²) in [6, 6.07) is 12.4. The summed E-state index contributed by atoms with van der Waals surface area (Å²) in [5.74, 6) is 0. The number of rotatable bonds is 5. The molecule has 0 saturated heterocycles. The zero-order valence-electron chi connectivity index (χ0n) is 12.3. The van der Waals surface area contributed by atoms with E-state index in [4.69, 9.17) is 0 Å². The second kappa shape index (κ2) is 6.15. The molecule has 0 N–H and O–H groups in total. The fraction of sp³-hybridized carbons (Fsp3) is 0.200. The third-order valence-corrected chi connectivity index (χ3v) is 5.23.